The van der Waals surface area contributed by atoms with Gasteiger partial charge >= 0.3 is 0 Å². The summed E-state index contributed by atoms with van der Waals surface area (Å²) in [5.41, 5.74) is 0. The van der Waals surface area contributed by atoms with Crippen molar-refractivity contribution >= 4 is 10.0 Å². The van der Waals surface area contributed by atoms with Gasteiger partial charge in [-0.15, -0.1) is 0 Å². The molecule has 2 atom stereocenters. The number of sulfonamides is 1. The van der Waals surface area contributed by atoms with Gasteiger partial charge in [-0.05, 0) is 24.7 Å². The minimum Gasteiger partial charge on any atom is -0.213 e. The van der Waals surface area contributed by atoms with E-state index >= 15 is 0 Å². The molecular weight excluding hydrogens is 186 g/mol. The van der Waals surface area contributed by atoms with Gasteiger partial charge in [-0.3, -0.25) is 0 Å². The first-order chi connectivity index (χ1) is 6.07. The highest BCUT2D eigenvalue weighted by atomic mass is 32.2. The zero-order chi connectivity index (χ0) is 9.47. The van der Waals surface area contributed by atoms with E-state index in [0.29, 0.717) is 11.8 Å². The van der Waals surface area contributed by atoms with Crippen LogP contribution < -0.4 is 0 Å². The summed E-state index contributed by atoms with van der Waals surface area (Å²) in [6, 6.07) is 0. The van der Waals surface area contributed by atoms with E-state index in [0.717, 1.165) is 25.9 Å². The van der Waals surface area contributed by atoms with Gasteiger partial charge in [0, 0.05) is 13.1 Å². The van der Waals surface area contributed by atoms with E-state index in [9.17, 15) is 8.42 Å². The van der Waals surface area contributed by atoms with Crippen LogP contribution >= 0.6 is 0 Å². The molecule has 1 heterocycles. The lowest BCUT2D eigenvalue weighted by atomic mass is 9.86. The van der Waals surface area contributed by atoms with E-state index in [1.807, 2.05) is 0 Å². The van der Waals surface area contributed by atoms with Crippen LogP contribution in [-0.4, -0.2) is 32.1 Å². The van der Waals surface area contributed by atoms with Crippen molar-refractivity contribution in [3.05, 3.63) is 12.2 Å². The van der Waals surface area contributed by atoms with E-state index in [-0.39, 0.29) is 0 Å². The van der Waals surface area contributed by atoms with Crippen LogP contribution in [0.25, 0.3) is 0 Å². The van der Waals surface area contributed by atoms with Crippen molar-refractivity contribution in [2.24, 2.45) is 11.8 Å². The Bertz CT molecular complexity index is 305. The first kappa shape index (κ1) is 9.21. The number of nitrogens with zero attached hydrogens (tertiary/aromatic N) is 1. The third-order valence-corrected chi connectivity index (χ3v) is 4.29. The Morgan fingerprint density at radius 2 is 1.62 bits per heavy atom. The van der Waals surface area contributed by atoms with E-state index in [1.165, 1.54) is 6.26 Å². The number of rotatable bonds is 1. The van der Waals surface area contributed by atoms with E-state index < -0.39 is 10.0 Å². The van der Waals surface area contributed by atoms with Crippen molar-refractivity contribution in [2.45, 2.75) is 12.8 Å². The van der Waals surface area contributed by atoms with Gasteiger partial charge in [0.1, 0.15) is 0 Å². The summed E-state index contributed by atoms with van der Waals surface area (Å²) in [6.45, 7) is 1.46. The molecule has 0 aromatic rings. The van der Waals surface area contributed by atoms with Crippen molar-refractivity contribution < 1.29 is 8.42 Å². The summed E-state index contributed by atoms with van der Waals surface area (Å²) >= 11 is 0. The lowest BCUT2D eigenvalue weighted by Crippen LogP contribution is -2.27. The quantitative estimate of drug-likeness (QED) is 0.590. The normalized spacial score (nSPS) is 34.8. The maximum absolute atomic E-state index is 11.3. The zero-order valence-corrected chi connectivity index (χ0v) is 8.63. The zero-order valence-electron chi connectivity index (χ0n) is 7.81. The Morgan fingerprint density at radius 3 is 2.00 bits per heavy atom. The molecule has 4 heteroatoms. The Hall–Kier alpha value is -0.350. The standard InChI is InChI=1S/C9H15NO2S/c1-13(11,12)10-6-8-4-2-3-5-9(8)7-10/h2-3,8-9H,4-7H2,1H3. The highest BCUT2D eigenvalue weighted by Gasteiger charge is 2.36. The van der Waals surface area contributed by atoms with Gasteiger partial charge in [-0.2, -0.15) is 0 Å². The second-order valence-electron chi connectivity index (χ2n) is 4.04. The van der Waals surface area contributed by atoms with Crippen LogP contribution in [0.4, 0.5) is 0 Å². The first-order valence-electron chi connectivity index (χ1n) is 4.67. The average Bonchev–Trinajstić information content (AvgIpc) is 2.45. The van der Waals surface area contributed by atoms with E-state index in [2.05, 4.69) is 12.2 Å². The molecule has 74 valence electrons. The summed E-state index contributed by atoms with van der Waals surface area (Å²) in [4.78, 5) is 0. The monoisotopic (exact) mass is 201 g/mol. The highest BCUT2D eigenvalue weighted by molar-refractivity contribution is 7.88. The molecule has 13 heavy (non-hydrogen) atoms. The summed E-state index contributed by atoms with van der Waals surface area (Å²) in [5, 5.41) is 0. The maximum Gasteiger partial charge on any atom is 0.211 e. The molecule has 0 amide bonds. The van der Waals surface area contributed by atoms with Crippen LogP contribution in [0.5, 0.6) is 0 Å². The Balaban J connectivity index is 2.10. The topological polar surface area (TPSA) is 37.4 Å². The molecule has 0 spiro atoms. The van der Waals surface area contributed by atoms with Crippen LogP contribution in [0, 0.1) is 11.8 Å². The molecule has 0 radical (unpaired) electrons. The molecule has 0 N–H and O–H groups in total. The highest BCUT2D eigenvalue weighted by Crippen LogP contribution is 2.33. The van der Waals surface area contributed by atoms with Crippen LogP contribution in [0.3, 0.4) is 0 Å². The van der Waals surface area contributed by atoms with E-state index in [4.69, 9.17) is 0 Å². The maximum atomic E-state index is 11.3. The first-order valence-corrected chi connectivity index (χ1v) is 6.52. The molecule has 1 aliphatic carbocycles. The van der Waals surface area contributed by atoms with Crippen LogP contribution in [0.15, 0.2) is 12.2 Å². The molecule has 0 bridgehead atoms. The summed E-state index contributed by atoms with van der Waals surface area (Å²) in [7, 11) is -2.96. The van der Waals surface area contributed by atoms with Crippen molar-refractivity contribution in [1.29, 1.82) is 0 Å². The third kappa shape index (κ3) is 1.79. The molecule has 2 rings (SSSR count). The number of hydrogen-bond acceptors (Lipinski definition) is 2. The van der Waals surface area contributed by atoms with E-state index in [1.54, 1.807) is 4.31 Å². The SMILES string of the molecule is CS(=O)(=O)N1CC2CC=CCC2C1. The van der Waals surface area contributed by atoms with Gasteiger partial charge in [0.15, 0.2) is 0 Å². The minimum absolute atomic E-state index is 0.569. The lowest BCUT2D eigenvalue weighted by Gasteiger charge is -2.18. The fourth-order valence-electron chi connectivity index (χ4n) is 2.24. The molecule has 1 fully saturated rings. The molecule has 2 aliphatic rings. The average molecular weight is 201 g/mol. The van der Waals surface area contributed by atoms with Gasteiger partial charge < -0.3 is 0 Å². The molecule has 0 saturated carbocycles. The molecule has 1 saturated heterocycles. The van der Waals surface area contributed by atoms with Gasteiger partial charge in [-0.25, -0.2) is 12.7 Å². The third-order valence-electron chi connectivity index (χ3n) is 3.06. The fourth-order valence-corrected chi connectivity index (χ4v) is 3.17. The van der Waals surface area contributed by atoms with Gasteiger partial charge in [-0.1, -0.05) is 12.2 Å². The Morgan fingerprint density at radius 1 is 1.15 bits per heavy atom. The van der Waals surface area contributed by atoms with Crippen molar-refractivity contribution in [1.82, 2.24) is 4.31 Å². The Kier molecular flexibility index (Phi) is 2.20. The van der Waals surface area contributed by atoms with Gasteiger partial charge in [0.05, 0.1) is 6.26 Å². The molecular formula is C9H15NO2S. The summed E-state index contributed by atoms with van der Waals surface area (Å²) in [6.07, 6.45) is 7.75. The predicted molar refractivity (Wildman–Crippen MR) is 51.8 cm³/mol. The fraction of sp³-hybridized carbons (Fsp3) is 0.778. The van der Waals surface area contributed by atoms with Crippen LogP contribution in [0.2, 0.25) is 0 Å². The summed E-state index contributed by atoms with van der Waals surface area (Å²) in [5.74, 6) is 1.14. The molecule has 0 aromatic carbocycles. The van der Waals surface area contributed by atoms with Gasteiger partial charge in [0.25, 0.3) is 0 Å². The van der Waals surface area contributed by atoms with Crippen LogP contribution in [0.1, 0.15) is 12.8 Å². The lowest BCUT2D eigenvalue weighted by molar-refractivity contribution is 0.411. The van der Waals surface area contributed by atoms with Crippen LogP contribution in [-0.2, 0) is 10.0 Å². The smallest absolute Gasteiger partial charge is 0.211 e. The molecule has 2 unspecified atom stereocenters. The predicted octanol–water partition coefficient (Wildman–Crippen LogP) is 0.844. The number of hydrogen-bond donors (Lipinski definition) is 0. The van der Waals surface area contributed by atoms with Crippen molar-refractivity contribution in [2.75, 3.05) is 19.3 Å². The molecule has 0 aromatic heterocycles. The second kappa shape index (κ2) is 3.10. The summed E-state index contributed by atoms with van der Waals surface area (Å²) < 4.78 is 24.2. The molecule has 3 nitrogen and oxygen atoms in total. The largest absolute Gasteiger partial charge is 0.213 e. The second-order valence-corrected chi connectivity index (χ2v) is 6.03. The van der Waals surface area contributed by atoms with Crippen molar-refractivity contribution in [3.8, 4) is 0 Å². The van der Waals surface area contributed by atoms with Crippen molar-refractivity contribution in [3.63, 3.8) is 0 Å². The number of fused-ring (bicyclic) bond motifs is 1. The molecule has 1 aliphatic heterocycles. The number of allylic oxidation sites excluding steroid dienone is 2. The Labute approximate surface area is 79.5 Å². The minimum atomic E-state index is -2.96. The van der Waals surface area contributed by atoms with Gasteiger partial charge in [0.2, 0.25) is 10.0 Å².